The van der Waals surface area contributed by atoms with E-state index in [2.05, 4.69) is 14.7 Å². The summed E-state index contributed by atoms with van der Waals surface area (Å²) in [5.41, 5.74) is 3.49. The van der Waals surface area contributed by atoms with Crippen LogP contribution >= 0.6 is 0 Å². The van der Waals surface area contributed by atoms with Crippen LogP contribution in [0.4, 0.5) is 4.39 Å². The molecular formula is C33H33FKN4O4. The van der Waals surface area contributed by atoms with Crippen molar-refractivity contribution in [1.29, 1.82) is 0 Å². The van der Waals surface area contributed by atoms with Gasteiger partial charge in [0.15, 0.2) is 5.82 Å². The van der Waals surface area contributed by atoms with Gasteiger partial charge in [-0.05, 0) is 69.0 Å². The molecule has 0 aliphatic carbocycles. The molecule has 5 aromatic rings. The molecule has 5 rings (SSSR count). The van der Waals surface area contributed by atoms with E-state index in [9.17, 15) is 9.59 Å². The number of hydrogen-bond acceptors (Lipinski definition) is 6. The van der Waals surface area contributed by atoms with Gasteiger partial charge in [-0.25, -0.2) is 14.2 Å². The van der Waals surface area contributed by atoms with E-state index in [1.165, 1.54) is 6.07 Å². The molecule has 0 spiro atoms. The predicted octanol–water partition coefficient (Wildman–Crippen LogP) is 6.17. The summed E-state index contributed by atoms with van der Waals surface area (Å²) in [6, 6.07) is 19.5. The van der Waals surface area contributed by atoms with Gasteiger partial charge in [-0.1, -0.05) is 60.6 Å². The zero-order chi connectivity index (χ0) is 30.0. The number of aryl methyl sites for hydroxylation is 2. The zero-order valence-corrected chi connectivity index (χ0v) is 28.4. The molecule has 0 bridgehead atoms. The average Bonchev–Trinajstić information content (AvgIpc) is 3.38. The van der Waals surface area contributed by atoms with E-state index in [-0.39, 0.29) is 74.9 Å². The summed E-state index contributed by atoms with van der Waals surface area (Å²) in [7, 11) is 0. The second-order valence-corrected chi connectivity index (χ2v) is 11.2. The van der Waals surface area contributed by atoms with Crippen LogP contribution in [-0.4, -0.2) is 76.7 Å². The summed E-state index contributed by atoms with van der Waals surface area (Å²) >= 11 is 0. The molecule has 0 atom stereocenters. The molecule has 8 nitrogen and oxygen atoms in total. The van der Waals surface area contributed by atoms with E-state index >= 15 is 4.39 Å². The maximum atomic E-state index is 15.6. The monoisotopic (exact) mass is 607 g/mol. The predicted molar refractivity (Wildman–Crippen MR) is 166 cm³/mol. The molecule has 217 valence electrons. The van der Waals surface area contributed by atoms with Crippen LogP contribution in [0.25, 0.3) is 33.6 Å². The third-order valence-corrected chi connectivity index (χ3v) is 6.78. The van der Waals surface area contributed by atoms with E-state index in [0.29, 0.717) is 51.5 Å². The van der Waals surface area contributed by atoms with Crippen LogP contribution in [0.1, 0.15) is 51.2 Å². The van der Waals surface area contributed by atoms with Gasteiger partial charge in [-0.15, -0.1) is 0 Å². The Morgan fingerprint density at radius 1 is 0.977 bits per heavy atom. The average molecular weight is 608 g/mol. The number of benzene rings is 3. The molecule has 0 aliphatic heterocycles. The van der Waals surface area contributed by atoms with Crippen molar-refractivity contribution < 1.29 is 13.7 Å². The van der Waals surface area contributed by atoms with Crippen molar-refractivity contribution in [3.8, 4) is 39.4 Å². The largest absolute Gasteiger partial charge is 0.488 e. The van der Waals surface area contributed by atoms with Crippen LogP contribution in [0.3, 0.4) is 0 Å². The Morgan fingerprint density at radius 2 is 1.65 bits per heavy atom. The molecule has 2 heterocycles. The van der Waals surface area contributed by atoms with Gasteiger partial charge >= 0.3 is 5.76 Å². The summed E-state index contributed by atoms with van der Waals surface area (Å²) in [5, 5.41) is 3.78. The third-order valence-electron chi connectivity index (χ3n) is 6.78. The van der Waals surface area contributed by atoms with Crippen molar-refractivity contribution in [3.05, 3.63) is 111 Å². The van der Waals surface area contributed by atoms with Gasteiger partial charge in [0.25, 0.3) is 5.56 Å². The fourth-order valence-electron chi connectivity index (χ4n) is 4.97. The summed E-state index contributed by atoms with van der Waals surface area (Å²) < 4.78 is 27.8. The molecule has 3 aromatic carbocycles. The number of hydrogen-bond donors (Lipinski definition) is 1. The van der Waals surface area contributed by atoms with Crippen LogP contribution in [0, 0.1) is 12.7 Å². The van der Waals surface area contributed by atoms with Gasteiger partial charge in [0.05, 0.1) is 17.8 Å². The van der Waals surface area contributed by atoms with Crippen LogP contribution in [0.2, 0.25) is 0 Å². The zero-order valence-electron chi connectivity index (χ0n) is 25.3. The number of nitrogens with zero attached hydrogens (tertiary/aromatic N) is 3. The minimum atomic E-state index is -0.671. The standard InChI is InChI=1S/C33H33FN4O4.K/c1-6-9-28-35-20(2)29(21-14-16-24(17-15-21)41-33(3,4)5)31(39)38(28)19-23-13-12-22(18-27(23)34)25-10-7-8-11-26(25)30-36-32(40)42-37-30;/h7-8,10-18H,6,9,19H2,1-5H3,(H,36,37,40);. The van der Waals surface area contributed by atoms with E-state index in [4.69, 9.17) is 9.72 Å². The Hall–Kier alpha value is -3.15. The fraction of sp³-hybridized carbons (Fsp3) is 0.273. The molecule has 0 fully saturated rings. The van der Waals surface area contributed by atoms with Crippen molar-refractivity contribution in [1.82, 2.24) is 19.7 Å². The molecule has 0 amide bonds. The Morgan fingerprint density at radius 3 is 2.26 bits per heavy atom. The van der Waals surface area contributed by atoms with E-state index in [1.807, 2.05) is 71.0 Å². The molecule has 0 saturated heterocycles. The van der Waals surface area contributed by atoms with Gasteiger partial charge in [0, 0.05) is 68.9 Å². The molecule has 1 radical (unpaired) electrons. The van der Waals surface area contributed by atoms with Crippen LogP contribution in [0.5, 0.6) is 5.75 Å². The Bertz CT molecular complexity index is 1850. The minimum Gasteiger partial charge on any atom is -0.488 e. The van der Waals surface area contributed by atoms with Gasteiger partial charge < -0.3 is 4.74 Å². The third kappa shape index (κ3) is 7.50. The normalized spacial score (nSPS) is 11.3. The van der Waals surface area contributed by atoms with Gasteiger partial charge in [-0.2, -0.15) is 0 Å². The van der Waals surface area contributed by atoms with Crippen molar-refractivity contribution in [2.24, 2.45) is 0 Å². The molecule has 43 heavy (non-hydrogen) atoms. The maximum Gasteiger partial charge on any atom is 0.439 e. The van der Waals surface area contributed by atoms with Crippen LogP contribution in [-0.2, 0) is 13.0 Å². The van der Waals surface area contributed by atoms with E-state index < -0.39 is 11.6 Å². The molecule has 10 heteroatoms. The molecule has 0 unspecified atom stereocenters. The first kappa shape index (κ1) is 32.8. The van der Waals surface area contributed by atoms with Gasteiger partial charge in [-0.3, -0.25) is 18.9 Å². The maximum absolute atomic E-state index is 15.6. The van der Waals surface area contributed by atoms with E-state index in [1.54, 1.807) is 28.8 Å². The molecule has 2 aromatic heterocycles. The molecule has 1 N–H and O–H groups in total. The smallest absolute Gasteiger partial charge is 0.439 e. The Labute approximate surface area is 291 Å². The van der Waals surface area contributed by atoms with Crippen molar-refractivity contribution in [2.45, 2.75) is 59.6 Å². The molecule has 0 aliphatic rings. The van der Waals surface area contributed by atoms with Gasteiger partial charge in [0.2, 0.25) is 0 Å². The van der Waals surface area contributed by atoms with Crippen molar-refractivity contribution >= 4 is 51.4 Å². The van der Waals surface area contributed by atoms with Crippen molar-refractivity contribution in [3.63, 3.8) is 0 Å². The summed E-state index contributed by atoms with van der Waals surface area (Å²) in [6.45, 7) is 9.80. The number of nitrogens with one attached hydrogen (secondary N) is 1. The Kier molecular flexibility index (Phi) is 10.4. The number of ether oxygens (including phenoxy) is 1. The number of aromatic amines is 1. The topological polar surface area (TPSA) is 103 Å². The second-order valence-electron chi connectivity index (χ2n) is 11.2. The van der Waals surface area contributed by atoms with Crippen LogP contribution in [0.15, 0.2) is 80.8 Å². The summed E-state index contributed by atoms with van der Waals surface area (Å²) in [5.74, 6) is 0.441. The summed E-state index contributed by atoms with van der Waals surface area (Å²) in [6.07, 6.45) is 1.37. The van der Waals surface area contributed by atoms with Crippen LogP contribution < -0.4 is 16.1 Å². The van der Waals surface area contributed by atoms with Crippen molar-refractivity contribution in [2.75, 3.05) is 0 Å². The first-order valence-electron chi connectivity index (χ1n) is 13.9. The first-order valence-corrected chi connectivity index (χ1v) is 13.9. The summed E-state index contributed by atoms with van der Waals surface area (Å²) in [4.78, 5) is 32.8. The Balaban J connectivity index is 0.00000423. The number of halogens is 1. The van der Waals surface area contributed by atoms with E-state index in [0.717, 1.165) is 12.0 Å². The SMILES string of the molecule is CCCc1nc(C)c(-c2ccc(OC(C)(C)C)cc2)c(=O)n1Cc1ccc(-c2ccccc2-c2noc(=O)[nH]2)cc1F.[K]. The van der Waals surface area contributed by atoms with Gasteiger partial charge in [0.1, 0.15) is 23.0 Å². The molecular weight excluding hydrogens is 574 g/mol. The number of aromatic nitrogens is 4. The molecule has 0 saturated carbocycles. The number of rotatable bonds is 8. The second kappa shape index (κ2) is 13.6. The quantitative estimate of drug-likeness (QED) is 0.212. The fourth-order valence-corrected chi connectivity index (χ4v) is 4.97. The minimum absolute atomic E-state index is 0. The first-order chi connectivity index (χ1) is 20.0. The number of H-pyrrole nitrogens is 1.